The van der Waals surface area contributed by atoms with Crippen molar-refractivity contribution in [3.63, 3.8) is 0 Å². The smallest absolute Gasteiger partial charge is 0.467 e. The van der Waals surface area contributed by atoms with Crippen LogP contribution >= 0.6 is 0 Å². The average molecular weight is 352 g/mol. The third-order valence-corrected chi connectivity index (χ3v) is 4.45. The summed E-state index contributed by atoms with van der Waals surface area (Å²) in [5.41, 5.74) is 0.0115. The van der Waals surface area contributed by atoms with E-state index in [1.165, 1.54) is 0 Å². The molecule has 1 saturated heterocycles. The van der Waals surface area contributed by atoms with Gasteiger partial charge in [0.05, 0.1) is 11.2 Å². The molecule has 1 aliphatic rings. The Hall–Kier alpha value is -1.28. The van der Waals surface area contributed by atoms with Gasteiger partial charge in [0, 0.05) is 19.3 Å². The van der Waals surface area contributed by atoms with Gasteiger partial charge in [-0.3, -0.25) is 0 Å². The number of hydrogen-bond acceptors (Lipinski definition) is 6. The Morgan fingerprint density at radius 1 is 0.800 bits per heavy atom. The van der Waals surface area contributed by atoms with Gasteiger partial charge in [-0.05, 0) is 59.1 Å². The molecular weight excluding hydrogens is 323 g/mol. The van der Waals surface area contributed by atoms with E-state index in [-0.39, 0.29) is 13.6 Å². The fraction of sp³-hybridized carbons (Fsp3) is 0.667. The van der Waals surface area contributed by atoms with E-state index in [0.29, 0.717) is 24.7 Å². The second-order valence-corrected chi connectivity index (χ2v) is 6.84. The van der Waals surface area contributed by atoms with E-state index < -0.39 is 18.3 Å². The lowest BCUT2D eigenvalue weighted by Crippen LogP contribution is -2.41. The summed E-state index contributed by atoms with van der Waals surface area (Å²) in [6, 6.07) is 5.57. The first-order valence-corrected chi connectivity index (χ1v) is 8.70. The van der Waals surface area contributed by atoms with E-state index in [9.17, 15) is 0 Å². The molecule has 0 spiro atoms. The maximum absolute atomic E-state index is 6.12. The van der Waals surface area contributed by atoms with Gasteiger partial charge in [-0.15, -0.1) is 0 Å². The van der Waals surface area contributed by atoms with E-state index in [1.54, 1.807) is 6.07 Å². The average Bonchev–Trinajstić information content (AvgIpc) is 2.76. The van der Waals surface area contributed by atoms with Gasteiger partial charge < -0.3 is 28.3 Å². The molecule has 0 saturated carbocycles. The summed E-state index contributed by atoms with van der Waals surface area (Å²) < 4.78 is 34.0. The highest BCUT2D eigenvalue weighted by Crippen LogP contribution is 2.37. The lowest BCUT2D eigenvalue weighted by molar-refractivity contribution is 0.00578. The molecule has 2 rings (SSSR count). The zero-order valence-electron chi connectivity index (χ0n) is 16.1. The molecule has 0 radical (unpaired) electrons. The summed E-state index contributed by atoms with van der Waals surface area (Å²) in [4.78, 5) is 0. The fourth-order valence-electron chi connectivity index (χ4n) is 2.26. The lowest BCUT2D eigenvalue weighted by atomic mass is 9.79. The molecule has 0 amide bonds. The second-order valence-electron chi connectivity index (χ2n) is 6.84. The van der Waals surface area contributed by atoms with Gasteiger partial charge in [0.15, 0.2) is 13.6 Å². The summed E-state index contributed by atoms with van der Waals surface area (Å²) in [5, 5.41) is 0. The van der Waals surface area contributed by atoms with Gasteiger partial charge in [0.1, 0.15) is 11.5 Å². The van der Waals surface area contributed by atoms with Crippen molar-refractivity contribution >= 4 is 12.6 Å². The molecule has 1 heterocycles. The Labute approximate surface area is 150 Å². The fourth-order valence-corrected chi connectivity index (χ4v) is 2.26. The molecule has 1 aromatic carbocycles. The molecule has 0 bridgehead atoms. The van der Waals surface area contributed by atoms with Crippen molar-refractivity contribution in [2.24, 2.45) is 0 Å². The van der Waals surface area contributed by atoms with Crippen LogP contribution in [0.5, 0.6) is 11.5 Å². The van der Waals surface area contributed by atoms with Crippen LogP contribution in [-0.4, -0.2) is 45.1 Å². The monoisotopic (exact) mass is 352 g/mol. The normalized spacial score (nSPS) is 18.4. The van der Waals surface area contributed by atoms with Crippen molar-refractivity contribution in [3.8, 4) is 11.5 Å². The Morgan fingerprint density at radius 3 is 1.64 bits per heavy atom. The zero-order valence-corrected chi connectivity index (χ0v) is 16.1. The Kier molecular flexibility index (Phi) is 6.74. The summed E-state index contributed by atoms with van der Waals surface area (Å²) >= 11 is 0. The number of ether oxygens (including phenoxy) is 4. The van der Waals surface area contributed by atoms with E-state index in [0.717, 1.165) is 5.46 Å². The van der Waals surface area contributed by atoms with Crippen LogP contribution in [0.15, 0.2) is 18.2 Å². The first-order chi connectivity index (χ1) is 11.8. The number of hydrogen-bond donors (Lipinski definition) is 0. The first-order valence-electron chi connectivity index (χ1n) is 8.70. The predicted octanol–water partition coefficient (Wildman–Crippen LogP) is 2.73. The zero-order chi connectivity index (χ0) is 18.5. The predicted molar refractivity (Wildman–Crippen MR) is 96.4 cm³/mol. The molecule has 0 aliphatic carbocycles. The van der Waals surface area contributed by atoms with Gasteiger partial charge in [-0.25, -0.2) is 0 Å². The molecular formula is C18H29BO6. The van der Waals surface area contributed by atoms with Gasteiger partial charge in [-0.2, -0.15) is 0 Å². The van der Waals surface area contributed by atoms with Crippen LogP contribution in [0.2, 0.25) is 0 Å². The maximum atomic E-state index is 6.12. The molecule has 0 unspecified atom stereocenters. The van der Waals surface area contributed by atoms with Crippen LogP contribution in [0.4, 0.5) is 0 Å². The largest absolute Gasteiger partial charge is 0.495 e. The van der Waals surface area contributed by atoms with E-state index in [1.807, 2.05) is 53.7 Å². The number of benzene rings is 1. The van der Waals surface area contributed by atoms with E-state index in [4.69, 9.17) is 28.3 Å². The highest BCUT2D eigenvalue weighted by atomic mass is 16.7. The minimum Gasteiger partial charge on any atom is -0.467 e. The molecule has 6 nitrogen and oxygen atoms in total. The summed E-state index contributed by atoms with van der Waals surface area (Å²) in [6.45, 7) is 13.5. The van der Waals surface area contributed by atoms with Crippen LogP contribution < -0.4 is 14.9 Å². The van der Waals surface area contributed by atoms with Crippen LogP contribution in [0.3, 0.4) is 0 Å². The standard InChI is InChI=1S/C18H29BO6/c1-7-20-12-22-15-9-14(10-16(11-15)23-13-21-8-2)19-24-17(3,4)18(5,6)25-19/h9-11H,7-8,12-13H2,1-6H3. The molecule has 0 aromatic heterocycles. The van der Waals surface area contributed by atoms with Crippen molar-refractivity contribution in [1.82, 2.24) is 0 Å². The van der Waals surface area contributed by atoms with Crippen LogP contribution in [0.1, 0.15) is 41.5 Å². The Balaban J connectivity index is 2.20. The summed E-state index contributed by atoms with van der Waals surface area (Å²) in [5.74, 6) is 1.26. The topological polar surface area (TPSA) is 55.4 Å². The van der Waals surface area contributed by atoms with E-state index >= 15 is 0 Å². The van der Waals surface area contributed by atoms with Crippen molar-refractivity contribution in [2.75, 3.05) is 26.8 Å². The van der Waals surface area contributed by atoms with Gasteiger partial charge in [0.25, 0.3) is 0 Å². The van der Waals surface area contributed by atoms with Gasteiger partial charge in [-0.1, -0.05) is 0 Å². The first kappa shape index (κ1) is 20.0. The van der Waals surface area contributed by atoms with Crippen molar-refractivity contribution in [2.45, 2.75) is 52.7 Å². The molecule has 140 valence electrons. The second kappa shape index (κ2) is 8.40. The Morgan fingerprint density at radius 2 is 1.24 bits per heavy atom. The van der Waals surface area contributed by atoms with Crippen molar-refractivity contribution < 1.29 is 28.3 Å². The van der Waals surface area contributed by atoms with Crippen LogP contribution in [-0.2, 0) is 18.8 Å². The van der Waals surface area contributed by atoms with Gasteiger partial charge >= 0.3 is 7.12 Å². The molecule has 1 fully saturated rings. The number of rotatable bonds is 9. The van der Waals surface area contributed by atoms with Crippen molar-refractivity contribution in [1.29, 1.82) is 0 Å². The third kappa shape index (κ3) is 5.11. The summed E-state index contributed by atoms with van der Waals surface area (Å²) in [7, 11) is -0.491. The maximum Gasteiger partial charge on any atom is 0.495 e. The lowest BCUT2D eigenvalue weighted by Gasteiger charge is -2.32. The molecule has 1 aromatic rings. The molecule has 0 atom stereocenters. The highest BCUT2D eigenvalue weighted by Gasteiger charge is 2.51. The summed E-state index contributed by atoms with van der Waals surface area (Å²) in [6.07, 6.45) is 0. The van der Waals surface area contributed by atoms with E-state index in [2.05, 4.69) is 0 Å². The minimum absolute atomic E-state index is 0.175. The SMILES string of the molecule is CCOCOc1cc(OCOCC)cc(B2OC(C)(C)C(C)(C)O2)c1. The third-order valence-electron chi connectivity index (χ3n) is 4.45. The molecule has 7 heteroatoms. The van der Waals surface area contributed by atoms with Gasteiger partial charge in [0.2, 0.25) is 0 Å². The molecule has 25 heavy (non-hydrogen) atoms. The van der Waals surface area contributed by atoms with Crippen LogP contribution in [0, 0.1) is 0 Å². The molecule has 0 N–H and O–H groups in total. The quantitative estimate of drug-likeness (QED) is 0.387. The minimum atomic E-state index is -0.491. The Bertz CT molecular complexity index is 516. The van der Waals surface area contributed by atoms with Crippen LogP contribution in [0.25, 0.3) is 0 Å². The molecule has 1 aliphatic heterocycles. The highest BCUT2D eigenvalue weighted by molar-refractivity contribution is 6.62. The van der Waals surface area contributed by atoms with Crippen molar-refractivity contribution in [3.05, 3.63) is 18.2 Å².